The van der Waals surface area contributed by atoms with Crippen LogP contribution in [0.3, 0.4) is 0 Å². The smallest absolute Gasteiger partial charge is 0.328 e. The molecule has 0 bridgehead atoms. The van der Waals surface area contributed by atoms with Crippen molar-refractivity contribution in [3.63, 3.8) is 0 Å². The van der Waals surface area contributed by atoms with Crippen LogP contribution in [0.15, 0.2) is 52.9 Å². The number of imidazole rings is 1. The summed E-state index contributed by atoms with van der Waals surface area (Å²) in [5.74, 6) is 0.402. The highest BCUT2D eigenvalue weighted by Gasteiger charge is 2.26. The van der Waals surface area contributed by atoms with E-state index in [0.717, 1.165) is 29.1 Å². The fourth-order valence-corrected chi connectivity index (χ4v) is 4.58. The van der Waals surface area contributed by atoms with Gasteiger partial charge >= 0.3 is 5.69 Å². The van der Waals surface area contributed by atoms with Gasteiger partial charge in [0.2, 0.25) is 5.91 Å². The molecule has 1 aliphatic rings. The number of rotatable bonds is 5. The SMILES string of the molecule is CCn1ccn(CC(=O)N2CCC(c3csc(-c4ccccc4)n3)CC2)c1=O. The molecule has 1 aromatic carbocycles. The number of amides is 1. The molecule has 2 aromatic heterocycles. The number of nitrogens with zero attached hydrogens (tertiary/aromatic N) is 4. The molecule has 146 valence electrons. The van der Waals surface area contributed by atoms with E-state index < -0.39 is 0 Å². The number of likely N-dealkylation sites (tertiary alicyclic amines) is 1. The quantitative estimate of drug-likeness (QED) is 0.665. The maximum absolute atomic E-state index is 12.6. The van der Waals surface area contributed by atoms with E-state index in [9.17, 15) is 9.59 Å². The molecule has 1 aliphatic heterocycles. The van der Waals surface area contributed by atoms with E-state index in [4.69, 9.17) is 4.98 Å². The van der Waals surface area contributed by atoms with Crippen molar-refractivity contribution in [2.45, 2.75) is 38.8 Å². The summed E-state index contributed by atoms with van der Waals surface area (Å²) in [4.78, 5) is 31.4. The zero-order valence-corrected chi connectivity index (χ0v) is 16.8. The van der Waals surface area contributed by atoms with E-state index >= 15 is 0 Å². The second kappa shape index (κ2) is 8.14. The molecule has 0 unspecified atom stereocenters. The minimum Gasteiger partial charge on any atom is -0.341 e. The number of aryl methyl sites for hydroxylation is 1. The molecule has 7 heteroatoms. The monoisotopic (exact) mass is 396 g/mol. The Balaban J connectivity index is 1.35. The van der Waals surface area contributed by atoms with E-state index in [0.29, 0.717) is 25.6 Å². The van der Waals surface area contributed by atoms with Crippen LogP contribution in [-0.2, 0) is 17.9 Å². The Morgan fingerprint density at radius 3 is 2.54 bits per heavy atom. The first-order valence-corrected chi connectivity index (χ1v) is 10.6. The summed E-state index contributed by atoms with van der Waals surface area (Å²) >= 11 is 1.68. The molecule has 0 atom stereocenters. The highest BCUT2D eigenvalue weighted by molar-refractivity contribution is 7.13. The van der Waals surface area contributed by atoms with E-state index in [2.05, 4.69) is 17.5 Å². The lowest BCUT2D eigenvalue weighted by Gasteiger charge is -2.31. The summed E-state index contributed by atoms with van der Waals surface area (Å²) in [7, 11) is 0. The lowest BCUT2D eigenvalue weighted by atomic mass is 9.94. The number of hydrogen-bond donors (Lipinski definition) is 0. The summed E-state index contributed by atoms with van der Waals surface area (Å²) in [5, 5.41) is 3.20. The Bertz CT molecular complexity index is 997. The predicted molar refractivity (Wildman–Crippen MR) is 110 cm³/mol. The average Bonchev–Trinajstić information content (AvgIpc) is 3.36. The van der Waals surface area contributed by atoms with Crippen molar-refractivity contribution in [3.8, 4) is 10.6 Å². The molecule has 1 fully saturated rings. The van der Waals surface area contributed by atoms with Gasteiger partial charge in [-0.05, 0) is 19.8 Å². The van der Waals surface area contributed by atoms with E-state index in [1.54, 1.807) is 28.3 Å². The number of piperidine rings is 1. The van der Waals surface area contributed by atoms with Gasteiger partial charge in [0, 0.05) is 48.9 Å². The highest BCUT2D eigenvalue weighted by Crippen LogP contribution is 2.32. The van der Waals surface area contributed by atoms with Gasteiger partial charge in [-0.3, -0.25) is 13.9 Å². The van der Waals surface area contributed by atoms with Crippen LogP contribution < -0.4 is 5.69 Å². The number of hydrogen-bond acceptors (Lipinski definition) is 4. The van der Waals surface area contributed by atoms with E-state index in [1.807, 2.05) is 30.0 Å². The molecular weight excluding hydrogens is 372 g/mol. The first-order valence-electron chi connectivity index (χ1n) is 9.70. The molecule has 6 nitrogen and oxygen atoms in total. The normalized spacial score (nSPS) is 15.1. The third-order valence-electron chi connectivity index (χ3n) is 5.37. The van der Waals surface area contributed by atoms with Crippen molar-refractivity contribution < 1.29 is 4.79 Å². The summed E-state index contributed by atoms with van der Waals surface area (Å²) in [6.07, 6.45) is 5.24. The van der Waals surface area contributed by atoms with Crippen molar-refractivity contribution in [2.24, 2.45) is 0 Å². The Labute approximate surface area is 168 Å². The van der Waals surface area contributed by atoms with Gasteiger partial charge in [-0.1, -0.05) is 30.3 Å². The Morgan fingerprint density at radius 1 is 1.14 bits per heavy atom. The minimum absolute atomic E-state index is 0.0117. The van der Waals surface area contributed by atoms with E-state index in [-0.39, 0.29) is 18.1 Å². The van der Waals surface area contributed by atoms with Crippen molar-refractivity contribution in [2.75, 3.05) is 13.1 Å². The zero-order valence-electron chi connectivity index (χ0n) is 16.0. The second-order valence-electron chi connectivity index (χ2n) is 7.09. The van der Waals surface area contributed by atoms with Gasteiger partial charge in [-0.25, -0.2) is 9.78 Å². The number of carbonyl (C=O) groups is 1. The molecule has 4 rings (SSSR count). The number of aromatic nitrogens is 3. The molecule has 0 aliphatic carbocycles. The van der Waals surface area contributed by atoms with Crippen LogP contribution >= 0.6 is 11.3 Å². The van der Waals surface area contributed by atoms with Gasteiger partial charge in [0.25, 0.3) is 0 Å². The number of thiazole rings is 1. The molecule has 0 spiro atoms. The van der Waals surface area contributed by atoms with Gasteiger partial charge in [-0.15, -0.1) is 11.3 Å². The molecule has 1 saturated heterocycles. The first-order chi connectivity index (χ1) is 13.7. The Kier molecular flexibility index (Phi) is 5.43. The summed E-state index contributed by atoms with van der Waals surface area (Å²) in [6.45, 7) is 4.07. The first kappa shape index (κ1) is 18.7. The molecular formula is C21H24N4O2S. The number of carbonyl (C=O) groups excluding carboxylic acids is 1. The van der Waals surface area contributed by atoms with Gasteiger partial charge < -0.3 is 4.90 Å². The minimum atomic E-state index is -0.123. The van der Waals surface area contributed by atoms with Gasteiger partial charge in [0.05, 0.1) is 5.69 Å². The second-order valence-corrected chi connectivity index (χ2v) is 7.95. The molecule has 0 radical (unpaired) electrons. The topological polar surface area (TPSA) is 60.1 Å². The Morgan fingerprint density at radius 2 is 1.86 bits per heavy atom. The van der Waals surface area contributed by atoms with Crippen LogP contribution in [0.5, 0.6) is 0 Å². The van der Waals surface area contributed by atoms with Gasteiger partial charge in [0.15, 0.2) is 0 Å². The van der Waals surface area contributed by atoms with Crippen molar-refractivity contribution in [3.05, 3.63) is 64.3 Å². The van der Waals surface area contributed by atoms with Crippen LogP contribution in [0.4, 0.5) is 0 Å². The van der Waals surface area contributed by atoms with Crippen LogP contribution in [0.25, 0.3) is 10.6 Å². The van der Waals surface area contributed by atoms with Gasteiger partial charge in [-0.2, -0.15) is 0 Å². The third-order valence-corrected chi connectivity index (χ3v) is 6.28. The molecule has 1 amide bonds. The molecule has 0 saturated carbocycles. The average molecular weight is 397 g/mol. The van der Waals surface area contributed by atoms with Crippen LogP contribution in [0.1, 0.15) is 31.4 Å². The highest BCUT2D eigenvalue weighted by atomic mass is 32.1. The molecule has 3 aromatic rings. The summed E-state index contributed by atoms with van der Waals surface area (Å²) < 4.78 is 3.09. The zero-order chi connectivity index (χ0) is 19.5. The van der Waals surface area contributed by atoms with Crippen molar-refractivity contribution in [1.82, 2.24) is 19.0 Å². The van der Waals surface area contributed by atoms with Gasteiger partial charge in [0.1, 0.15) is 11.6 Å². The fourth-order valence-electron chi connectivity index (χ4n) is 3.67. The van der Waals surface area contributed by atoms with Crippen LogP contribution in [-0.4, -0.2) is 38.0 Å². The maximum atomic E-state index is 12.6. The summed E-state index contributed by atoms with van der Waals surface area (Å²) in [6, 6.07) is 10.2. The number of benzene rings is 1. The standard InChI is InChI=1S/C21H24N4O2S/c1-2-23-12-13-25(21(23)27)14-19(26)24-10-8-16(9-11-24)18-15-28-20(22-18)17-6-4-3-5-7-17/h3-7,12-13,15-16H,2,8-11,14H2,1H3. The van der Waals surface area contributed by atoms with Crippen molar-refractivity contribution in [1.29, 1.82) is 0 Å². The van der Waals surface area contributed by atoms with Crippen LogP contribution in [0, 0.1) is 0 Å². The summed E-state index contributed by atoms with van der Waals surface area (Å²) in [5.41, 5.74) is 2.16. The molecule has 3 heterocycles. The largest absolute Gasteiger partial charge is 0.341 e. The van der Waals surface area contributed by atoms with Crippen LogP contribution in [0.2, 0.25) is 0 Å². The Hall–Kier alpha value is -2.67. The third kappa shape index (κ3) is 3.80. The van der Waals surface area contributed by atoms with Crippen molar-refractivity contribution >= 4 is 17.2 Å². The maximum Gasteiger partial charge on any atom is 0.328 e. The molecule has 28 heavy (non-hydrogen) atoms. The molecule has 0 N–H and O–H groups in total. The van der Waals surface area contributed by atoms with E-state index in [1.165, 1.54) is 4.57 Å². The fraction of sp³-hybridized carbons (Fsp3) is 0.381. The predicted octanol–water partition coefficient (Wildman–Crippen LogP) is 3.20. The lowest BCUT2D eigenvalue weighted by molar-refractivity contribution is -0.132. The lowest BCUT2D eigenvalue weighted by Crippen LogP contribution is -2.41.